The highest BCUT2D eigenvalue weighted by molar-refractivity contribution is 7.12. The topological polar surface area (TPSA) is 33.1 Å². The number of hydrogen-bond acceptors (Lipinski definition) is 3. The van der Waals surface area contributed by atoms with Gasteiger partial charge in [-0.25, -0.2) is 4.98 Å². The third-order valence-corrected chi connectivity index (χ3v) is 5.04. The molecule has 2 aromatic carbocycles. The molecule has 104 valence electrons. The van der Waals surface area contributed by atoms with Crippen molar-refractivity contribution in [1.29, 1.82) is 0 Å². The van der Waals surface area contributed by atoms with Gasteiger partial charge in [0.25, 0.3) is 0 Å². The SMILES string of the molecule is Cc1ccc2c(c1)-c1nc(C(O)c3ccccc3)sc1C2. The Morgan fingerprint density at radius 2 is 1.95 bits per heavy atom. The van der Waals surface area contributed by atoms with Crippen molar-refractivity contribution in [2.75, 3.05) is 0 Å². The number of nitrogens with zero attached hydrogens (tertiary/aromatic N) is 1. The van der Waals surface area contributed by atoms with E-state index in [9.17, 15) is 5.11 Å². The van der Waals surface area contributed by atoms with E-state index in [0.717, 1.165) is 22.7 Å². The summed E-state index contributed by atoms with van der Waals surface area (Å²) in [7, 11) is 0. The maximum absolute atomic E-state index is 10.5. The molecule has 1 atom stereocenters. The number of aryl methyl sites for hydroxylation is 1. The molecule has 0 radical (unpaired) electrons. The van der Waals surface area contributed by atoms with E-state index in [0.29, 0.717) is 0 Å². The summed E-state index contributed by atoms with van der Waals surface area (Å²) in [5.41, 5.74) is 5.78. The summed E-state index contributed by atoms with van der Waals surface area (Å²) in [6.07, 6.45) is 0.305. The molecule has 1 aromatic heterocycles. The minimum Gasteiger partial charge on any atom is -0.381 e. The molecule has 1 heterocycles. The lowest BCUT2D eigenvalue weighted by Gasteiger charge is -2.07. The Balaban J connectivity index is 1.75. The van der Waals surface area contributed by atoms with Gasteiger partial charge in [0.2, 0.25) is 0 Å². The van der Waals surface area contributed by atoms with Crippen molar-refractivity contribution in [3.8, 4) is 11.3 Å². The fourth-order valence-electron chi connectivity index (χ4n) is 2.83. The van der Waals surface area contributed by atoms with Crippen LogP contribution in [0.2, 0.25) is 0 Å². The molecule has 0 spiro atoms. The molecular formula is C18H15NOS. The lowest BCUT2D eigenvalue weighted by Crippen LogP contribution is -1.98. The van der Waals surface area contributed by atoms with Crippen LogP contribution in [0.3, 0.4) is 0 Å². The maximum Gasteiger partial charge on any atom is 0.131 e. The summed E-state index contributed by atoms with van der Waals surface area (Å²) in [4.78, 5) is 5.98. The van der Waals surface area contributed by atoms with E-state index in [2.05, 4.69) is 25.1 Å². The Labute approximate surface area is 127 Å². The van der Waals surface area contributed by atoms with Crippen LogP contribution >= 0.6 is 11.3 Å². The quantitative estimate of drug-likeness (QED) is 0.603. The predicted molar refractivity (Wildman–Crippen MR) is 85.6 cm³/mol. The summed E-state index contributed by atoms with van der Waals surface area (Å²) < 4.78 is 0. The van der Waals surface area contributed by atoms with Gasteiger partial charge in [0.15, 0.2) is 0 Å². The van der Waals surface area contributed by atoms with Crippen molar-refractivity contribution < 1.29 is 5.11 Å². The first-order chi connectivity index (χ1) is 10.2. The van der Waals surface area contributed by atoms with E-state index in [1.165, 1.54) is 21.6 Å². The fourth-order valence-corrected chi connectivity index (χ4v) is 3.95. The molecule has 0 saturated carbocycles. The molecule has 0 bridgehead atoms. The largest absolute Gasteiger partial charge is 0.381 e. The molecule has 0 amide bonds. The van der Waals surface area contributed by atoms with Crippen molar-refractivity contribution in [2.24, 2.45) is 0 Å². The smallest absolute Gasteiger partial charge is 0.131 e. The summed E-state index contributed by atoms with van der Waals surface area (Å²) in [6, 6.07) is 16.2. The van der Waals surface area contributed by atoms with Crippen LogP contribution < -0.4 is 0 Å². The van der Waals surface area contributed by atoms with E-state index in [-0.39, 0.29) is 0 Å². The van der Waals surface area contributed by atoms with Gasteiger partial charge in [-0.1, -0.05) is 48.0 Å². The number of rotatable bonds is 2. The van der Waals surface area contributed by atoms with Crippen molar-refractivity contribution in [3.63, 3.8) is 0 Å². The van der Waals surface area contributed by atoms with Gasteiger partial charge in [-0.3, -0.25) is 0 Å². The zero-order valence-electron chi connectivity index (χ0n) is 11.7. The first-order valence-corrected chi connectivity index (χ1v) is 7.86. The molecule has 1 N–H and O–H groups in total. The Kier molecular flexibility index (Phi) is 2.91. The zero-order chi connectivity index (χ0) is 14.4. The second-order valence-corrected chi connectivity index (χ2v) is 6.59. The Hall–Kier alpha value is -1.97. The molecule has 0 saturated heterocycles. The number of thiazole rings is 1. The molecule has 21 heavy (non-hydrogen) atoms. The van der Waals surface area contributed by atoms with Crippen LogP contribution in [0.15, 0.2) is 48.5 Å². The molecule has 3 aromatic rings. The number of aliphatic hydroxyl groups excluding tert-OH is 1. The van der Waals surface area contributed by atoms with E-state index in [1.807, 2.05) is 30.3 Å². The van der Waals surface area contributed by atoms with Crippen molar-refractivity contribution in [2.45, 2.75) is 19.4 Å². The highest BCUT2D eigenvalue weighted by atomic mass is 32.1. The molecule has 0 aliphatic heterocycles. The van der Waals surface area contributed by atoms with Crippen molar-refractivity contribution in [1.82, 2.24) is 4.98 Å². The molecule has 3 heteroatoms. The zero-order valence-corrected chi connectivity index (χ0v) is 12.5. The van der Waals surface area contributed by atoms with Crippen LogP contribution in [-0.2, 0) is 6.42 Å². The summed E-state index contributed by atoms with van der Waals surface area (Å²) in [5.74, 6) is 0. The third-order valence-electron chi connectivity index (χ3n) is 3.93. The Morgan fingerprint density at radius 1 is 1.14 bits per heavy atom. The van der Waals surface area contributed by atoms with Crippen LogP contribution in [0.4, 0.5) is 0 Å². The molecule has 2 nitrogen and oxygen atoms in total. The van der Waals surface area contributed by atoms with Gasteiger partial charge in [-0.05, 0) is 24.1 Å². The van der Waals surface area contributed by atoms with Gasteiger partial charge >= 0.3 is 0 Å². The number of aromatic nitrogens is 1. The highest BCUT2D eigenvalue weighted by Crippen LogP contribution is 2.41. The molecular weight excluding hydrogens is 278 g/mol. The molecule has 1 aliphatic rings. The van der Waals surface area contributed by atoms with Crippen LogP contribution in [-0.4, -0.2) is 10.1 Å². The van der Waals surface area contributed by atoms with Gasteiger partial charge in [0.1, 0.15) is 11.1 Å². The van der Waals surface area contributed by atoms with Gasteiger partial charge in [-0.15, -0.1) is 11.3 Å². The minimum atomic E-state index is -0.630. The molecule has 0 fully saturated rings. The van der Waals surface area contributed by atoms with E-state index in [1.54, 1.807) is 11.3 Å². The maximum atomic E-state index is 10.5. The average molecular weight is 293 g/mol. The van der Waals surface area contributed by atoms with Crippen LogP contribution in [0.5, 0.6) is 0 Å². The minimum absolute atomic E-state index is 0.630. The van der Waals surface area contributed by atoms with Crippen LogP contribution in [0, 0.1) is 6.92 Å². The van der Waals surface area contributed by atoms with Crippen LogP contribution in [0.1, 0.15) is 32.7 Å². The lowest BCUT2D eigenvalue weighted by atomic mass is 10.1. The normalized spacial score (nSPS) is 13.8. The Bertz CT molecular complexity index is 807. The molecule has 1 aliphatic carbocycles. The first-order valence-electron chi connectivity index (χ1n) is 7.05. The first kappa shape index (κ1) is 12.7. The number of benzene rings is 2. The standard InChI is InChI=1S/C18H15NOS/c1-11-7-8-13-10-15-16(14(13)9-11)19-18(21-15)17(20)12-5-3-2-4-6-12/h2-9,17,20H,10H2,1H3. The second kappa shape index (κ2) is 4.79. The molecule has 1 unspecified atom stereocenters. The number of hydrogen-bond donors (Lipinski definition) is 1. The van der Waals surface area contributed by atoms with Gasteiger partial charge in [0.05, 0.1) is 5.69 Å². The lowest BCUT2D eigenvalue weighted by molar-refractivity contribution is 0.220. The van der Waals surface area contributed by atoms with E-state index < -0.39 is 6.10 Å². The predicted octanol–water partition coefficient (Wildman–Crippen LogP) is 4.10. The van der Waals surface area contributed by atoms with Gasteiger partial charge in [-0.2, -0.15) is 0 Å². The van der Waals surface area contributed by atoms with Crippen molar-refractivity contribution in [3.05, 3.63) is 75.1 Å². The summed E-state index contributed by atoms with van der Waals surface area (Å²) >= 11 is 1.63. The van der Waals surface area contributed by atoms with E-state index >= 15 is 0 Å². The number of fused-ring (bicyclic) bond motifs is 3. The summed E-state index contributed by atoms with van der Waals surface area (Å²) in [5, 5.41) is 11.3. The summed E-state index contributed by atoms with van der Waals surface area (Å²) in [6.45, 7) is 2.10. The second-order valence-electron chi connectivity index (χ2n) is 5.47. The molecule has 4 rings (SSSR count). The van der Waals surface area contributed by atoms with Gasteiger partial charge in [0, 0.05) is 16.9 Å². The average Bonchev–Trinajstić information content (AvgIpc) is 3.05. The number of aliphatic hydroxyl groups is 1. The monoisotopic (exact) mass is 293 g/mol. The fraction of sp³-hybridized carbons (Fsp3) is 0.167. The van der Waals surface area contributed by atoms with E-state index in [4.69, 9.17) is 4.98 Å². The highest BCUT2D eigenvalue weighted by Gasteiger charge is 2.25. The Morgan fingerprint density at radius 3 is 2.76 bits per heavy atom. The third kappa shape index (κ3) is 2.09. The van der Waals surface area contributed by atoms with Crippen LogP contribution in [0.25, 0.3) is 11.3 Å². The van der Waals surface area contributed by atoms with Crippen molar-refractivity contribution >= 4 is 11.3 Å². The van der Waals surface area contributed by atoms with Gasteiger partial charge < -0.3 is 5.11 Å².